The molecule has 0 aromatic heterocycles. The van der Waals surface area contributed by atoms with E-state index in [1.165, 1.54) is 51.4 Å². The molecule has 4 aliphatic carbocycles. The highest BCUT2D eigenvalue weighted by Gasteiger charge is 2.66. The van der Waals surface area contributed by atoms with Gasteiger partial charge in [-0.2, -0.15) is 0 Å². The molecular formula is C46H74O18. The first-order chi connectivity index (χ1) is 30.8. The van der Waals surface area contributed by atoms with Crippen molar-refractivity contribution >= 4 is 5.78 Å². The zero-order valence-corrected chi connectivity index (χ0v) is 37.4. The third kappa shape index (κ3) is 9.50. The maximum Gasteiger partial charge on any atom is 0.258 e. The highest BCUT2D eigenvalue weighted by molar-refractivity contribution is 5.92. The first kappa shape index (κ1) is 48.0. The number of ether oxygens (including phenoxy) is 11. The lowest BCUT2D eigenvalue weighted by Crippen LogP contribution is -2.62. The van der Waals surface area contributed by atoms with Crippen LogP contribution in [0.2, 0.25) is 0 Å². The Labute approximate surface area is 375 Å². The minimum atomic E-state index is -2.17. The summed E-state index contributed by atoms with van der Waals surface area (Å²) >= 11 is 0. The molecule has 0 amide bonds. The highest BCUT2D eigenvalue weighted by Crippen LogP contribution is 2.51. The maximum absolute atomic E-state index is 13.3. The van der Waals surface area contributed by atoms with Crippen LogP contribution in [-0.4, -0.2) is 165 Å². The molecule has 64 heavy (non-hydrogen) atoms. The van der Waals surface area contributed by atoms with Gasteiger partial charge in [0.15, 0.2) is 29.3 Å². The third-order valence-corrected chi connectivity index (χ3v) is 15.6. The highest BCUT2D eigenvalue weighted by atomic mass is 16.9. The van der Waals surface area contributed by atoms with Crippen molar-refractivity contribution in [1.29, 1.82) is 0 Å². The van der Waals surface area contributed by atoms with Gasteiger partial charge in [0.05, 0.1) is 26.4 Å². The van der Waals surface area contributed by atoms with E-state index in [1.54, 1.807) is 0 Å². The van der Waals surface area contributed by atoms with Crippen LogP contribution in [0.15, 0.2) is 0 Å². The smallest absolute Gasteiger partial charge is 0.258 e. The molecule has 0 bridgehead atoms. The van der Waals surface area contributed by atoms with E-state index in [4.69, 9.17) is 67.8 Å². The SMILES string of the molecule is O=C1[C@@H]2OC3(CCCCCC3)O[C@@H]2CO[C@]12COC1(CCCCCC1)O2.OC[C@@]1(O)OC[C@@H](O)[C@@H](O)[C@@H]1O.O[C@H]1[C@@H]2OC3(CCCCCC3)O[C@@H]2CO[C@]12COC1(CCCCCC1)O2. The van der Waals surface area contributed by atoms with Crippen LogP contribution in [0.4, 0.5) is 0 Å². The van der Waals surface area contributed by atoms with Crippen molar-refractivity contribution in [3.8, 4) is 0 Å². The van der Waals surface area contributed by atoms with Gasteiger partial charge in [-0.1, -0.05) is 51.4 Å². The van der Waals surface area contributed by atoms with Gasteiger partial charge in [0.1, 0.15) is 55.9 Å². The molecule has 366 valence electrons. The predicted octanol–water partition coefficient (Wildman–Crippen LogP) is 3.00. The second kappa shape index (κ2) is 19.4. The molecule has 18 nitrogen and oxygen atoms in total. The molecule has 0 aromatic rings. The molecule has 0 unspecified atom stereocenters. The van der Waals surface area contributed by atoms with E-state index >= 15 is 0 Å². The summed E-state index contributed by atoms with van der Waals surface area (Å²) < 4.78 is 66.7. The van der Waals surface area contributed by atoms with Gasteiger partial charge >= 0.3 is 0 Å². The average Bonchev–Trinajstić information content (AvgIpc) is 3.82. The number of hydrogen-bond donors (Lipinski definition) is 6. The summed E-state index contributed by atoms with van der Waals surface area (Å²) in [5.74, 6) is -7.11. The van der Waals surface area contributed by atoms with Gasteiger partial charge in [-0.3, -0.25) is 4.79 Å². The second-order valence-corrected chi connectivity index (χ2v) is 20.3. The molecule has 6 N–H and O–H groups in total. The molecule has 18 heteroatoms. The van der Waals surface area contributed by atoms with Gasteiger partial charge in [0.25, 0.3) is 5.79 Å². The normalized spacial score (nSPS) is 44.6. The van der Waals surface area contributed by atoms with E-state index in [-0.39, 0.29) is 37.8 Å². The first-order valence-corrected chi connectivity index (χ1v) is 24.7. The van der Waals surface area contributed by atoms with Crippen LogP contribution in [0.1, 0.15) is 154 Å². The van der Waals surface area contributed by atoms with Crippen molar-refractivity contribution in [3.63, 3.8) is 0 Å². The van der Waals surface area contributed by atoms with Crippen molar-refractivity contribution in [2.75, 3.05) is 39.6 Å². The topological polar surface area (TPSA) is 240 Å². The number of fused-ring (bicyclic) bond motifs is 2. The van der Waals surface area contributed by atoms with Gasteiger partial charge in [-0.25, -0.2) is 0 Å². The molecule has 11 rings (SSSR count). The third-order valence-electron chi connectivity index (χ3n) is 15.6. The van der Waals surface area contributed by atoms with Crippen LogP contribution in [0.3, 0.4) is 0 Å². The predicted molar refractivity (Wildman–Crippen MR) is 220 cm³/mol. The van der Waals surface area contributed by atoms with Crippen molar-refractivity contribution in [2.45, 2.75) is 243 Å². The van der Waals surface area contributed by atoms with E-state index in [2.05, 4.69) is 4.74 Å². The van der Waals surface area contributed by atoms with E-state index in [1.807, 2.05) is 0 Å². The lowest BCUT2D eigenvalue weighted by atomic mass is 9.97. The van der Waals surface area contributed by atoms with E-state index < -0.39 is 83.7 Å². The zero-order valence-electron chi connectivity index (χ0n) is 37.4. The lowest BCUT2D eigenvalue weighted by molar-refractivity contribution is -0.334. The second-order valence-electron chi connectivity index (χ2n) is 20.3. The fourth-order valence-corrected chi connectivity index (χ4v) is 11.8. The number of hydrogen-bond acceptors (Lipinski definition) is 18. The van der Waals surface area contributed by atoms with Crippen LogP contribution in [-0.2, 0) is 56.9 Å². The molecule has 11 aliphatic rings. The van der Waals surface area contributed by atoms with Gasteiger partial charge in [-0.05, 0) is 51.4 Å². The molecule has 4 saturated carbocycles. The maximum atomic E-state index is 13.3. The molecule has 0 aromatic carbocycles. The van der Waals surface area contributed by atoms with Crippen molar-refractivity contribution in [3.05, 3.63) is 0 Å². The molecule has 0 radical (unpaired) electrons. The minimum Gasteiger partial charge on any atom is -0.391 e. The average molecular weight is 915 g/mol. The molecular weight excluding hydrogens is 840 g/mol. The summed E-state index contributed by atoms with van der Waals surface area (Å²) in [5.41, 5.74) is 0. The Morgan fingerprint density at radius 1 is 0.484 bits per heavy atom. The molecule has 6 spiro atoms. The van der Waals surface area contributed by atoms with E-state index in [0.717, 1.165) is 103 Å². The minimum absolute atomic E-state index is 0.143. The number of Topliss-reactive ketones (excluding diaryl/α,β-unsaturated/α-hetero) is 1. The quantitative estimate of drug-likeness (QED) is 0.222. The Balaban J connectivity index is 0.000000130. The Morgan fingerprint density at radius 3 is 1.53 bits per heavy atom. The number of aliphatic hydroxyl groups is 6. The van der Waals surface area contributed by atoms with Gasteiger partial charge in [-0.15, -0.1) is 0 Å². The summed E-state index contributed by atoms with van der Waals surface area (Å²) in [6, 6.07) is 0. The van der Waals surface area contributed by atoms with E-state index in [9.17, 15) is 15.0 Å². The largest absolute Gasteiger partial charge is 0.391 e. The summed E-state index contributed by atoms with van der Waals surface area (Å²) in [5, 5.41) is 56.1. The molecule has 7 aliphatic heterocycles. The van der Waals surface area contributed by atoms with Gasteiger partial charge in [0, 0.05) is 51.4 Å². The van der Waals surface area contributed by atoms with Crippen LogP contribution >= 0.6 is 0 Å². The lowest BCUT2D eigenvalue weighted by Gasteiger charge is -2.42. The fraction of sp³-hybridized carbons (Fsp3) is 0.978. The molecule has 11 atom stereocenters. The molecule has 7 saturated heterocycles. The van der Waals surface area contributed by atoms with Gasteiger partial charge < -0.3 is 82.7 Å². The number of carbonyl (C=O) groups is 1. The fourth-order valence-electron chi connectivity index (χ4n) is 11.8. The standard InChI is InChI=1S/C20H32O6.C20H30O6.C6H12O6/c2*21-17-16-15(24-19(25-16)11-7-3-4-8-12-19)13-22-20(17)14-23-18(26-20)9-5-1-2-6-10-18;7-2-6(11)5(10)4(9)3(8)1-12-6/h15-17,21H,1-14H2;15-16H,1-14H2;3-5,7-11H,1-2H2/t15-,16-,17+,20+;15-,16-,20+;3-,4-,5+,6-/m111/s1. The number of ketones is 1. The first-order valence-electron chi connectivity index (χ1n) is 24.7. The number of rotatable bonds is 1. The summed E-state index contributed by atoms with van der Waals surface area (Å²) in [4.78, 5) is 13.3. The summed E-state index contributed by atoms with van der Waals surface area (Å²) in [6.07, 6.45) is 18.5. The molecule has 11 fully saturated rings. The van der Waals surface area contributed by atoms with Crippen molar-refractivity contribution in [1.82, 2.24) is 0 Å². The van der Waals surface area contributed by atoms with E-state index in [0.29, 0.717) is 13.2 Å². The summed E-state index contributed by atoms with van der Waals surface area (Å²) in [6.45, 7) is 0.00685. The van der Waals surface area contributed by atoms with Crippen molar-refractivity contribution in [2.24, 2.45) is 0 Å². The number of carbonyl (C=O) groups excluding carboxylic acids is 1. The Morgan fingerprint density at radius 2 is 0.969 bits per heavy atom. The zero-order chi connectivity index (χ0) is 44.7. The Bertz CT molecular complexity index is 1520. The van der Waals surface area contributed by atoms with Crippen LogP contribution in [0, 0.1) is 0 Å². The summed E-state index contributed by atoms with van der Waals surface area (Å²) in [7, 11) is 0. The van der Waals surface area contributed by atoms with Crippen LogP contribution < -0.4 is 0 Å². The van der Waals surface area contributed by atoms with Crippen molar-refractivity contribution < 1.29 is 87.5 Å². The molecule has 7 heterocycles. The van der Waals surface area contributed by atoms with Crippen LogP contribution in [0.25, 0.3) is 0 Å². The Hall–Kier alpha value is -1.01. The Kier molecular flexibility index (Phi) is 14.6. The van der Waals surface area contributed by atoms with Gasteiger partial charge in [0.2, 0.25) is 17.4 Å². The monoisotopic (exact) mass is 914 g/mol. The van der Waals surface area contributed by atoms with Crippen LogP contribution in [0.5, 0.6) is 0 Å². The number of aliphatic hydroxyl groups excluding tert-OH is 5.